The van der Waals surface area contributed by atoms with Crippen molar-refractivity contribution in [2.75, 3.05) is 19.5 Å². The number of aromatic nitrogens is 2. The average molecular weight is 407 g/mol. The van der Waals surface area contributed by atoms with Crippen molar-refractivity contribution in [3.05, 3.63) is 66.0 Å². The van der Waals surface area contributed by atoms with E-state index in [1.165, 1.54) is 13.2 Å². The van der Waals surface area contributed by atoms with Crippen molar-refractivity contribution in [1.82, 2.24) is 9.38 Å². The van der Waals surface area contributed by atoms with E-state index in [0.29, 0.717) is 16.9 Å². The van der Waals surface area contributed by atoms with Crippen molar-refractivity contribution in [3.8, 4) is 5.75 Å². The van der Waals surface area contributed by atoms with Crippen molar-refractivity contribution < 1.29 is 19.1 Å². The molecule has 7 nitrogen and oxygen atoms in total. The first kappa shape index (κ1) is 18.7. The Kier molecular flexibility index (Phi) is 5.01. The number of para-hydroxylation sites is 1. The van der Waals surface area contributed by atoms with Gasteiger partial charge in [-0.15, -0.1) is 0 Å². The van der Waals surface area contributed by atoms with Gasteiger partial charge in [-0.2, -0.15) is 0 Å². The second-order valence-corrected chi connectivity index (χ2v) is 7.12. The first-order chi connectivity index (χ1) is 14.1. The third-order valence-corrected chi connectivity index (χ3v) is 5.33. The fraction of sp³-hybridized carbons (Fsp3) is 0.0952. The molecule has 146 valence electrons. The van der Waals surface area contributed by atoms with E-state index in [4.69, 9.17) is 9.47 Å². The lowest BCUT2D eigenvalue weighted by molar-refractivity contribution is -0.111. The quantitative estimate of drug-likeness (QED) is 0.399. The Labute approximate surface area is 170 Å². The summed E-state index contributed by atoms with van der Waals surface area (Å²) in [5.41, 5.74) is 2.36. The van der Waals surface area contributed by atoms with Crippen molar-refractivity contribution in [1.29, 1.82) is 0 Å². The zero-order chi connectivity index (χ0) is 20.4. The van der Waals surface area contributed by atoms with Crippen LogP contribution in [0, 0.1) is 0 Å². The molecule has 0 aliphatic heterocycles. The standard InChI is InChI=1S/C21H17N3O4S/c1-27-14-8-9-17-18(11-14)29-21-22-13(12-24(17)21)7-10-19(25)23-16-6-4-3-5-15(16)20(26)28-2/h3-12H,1-2H3,(H,23,25)/b10-7+. The van der Waals surface area contributed by atoms with Crippen LogP contribution in [0.25, 0.3) is 21.3 Å². The Morgan fingerprint density at radius 2 is 2.00 bits per heavy atom. The van der Waals surface area contributed by atoms with E-state index in [9.17, 15) is 9.59 Å². The number of imidazole rings is 1. The van der Waals surface area contributed by atoms with Gasteiger partial charge in [-0.1, -0.05) is 23.5 Å². The van der Waals surface area contributed by atoms with Crippen LogP contribution in [-0.2, 0) is 9.53 Å². The molecule has 0 saturated carbocycles. The van der Waals surface area contributed by atoms with E-state index in [1.54, 1.807) is 48.8 Å². The first-order valence-corrected chi connectivity index (χ1v) is 9.53. The van der Waals surface area contributed by atoms with Crippen LogP contribution in [0.2, 0.25) is 0 Å². The average Bonchev–Trinajstić information content (AvgIpc) is 3.28. The van der Waals surface area contributed by atoms with Gasteiger partial charge in [0.2, 0.25) is 5.91 Å². The second kappa shape index (κ2) is 7.76. The Morgan fingerprint density at radius 3 is 2.79 bits per heavy atom. The molecular formula is C21H17N3O4S. The molecule has 0 radical (unpaired) electrons. The summed E-state index contributed by atoms with van der Waals surface area (Å²) >= 11 is 1.54. The lowest BCUT2D eigenvalue weighted by atomic mass is 10.2. The third-order valence-electron chi connectivity index (χ3n) is 4.32. The van der Waals surface area contributed by atoms with E-state index >= 15 is 0 Å². The van der Waals surface area contributed by atoms with Crippen LogP contribution < -0.4 is 10.1 Å². The van der Waals surface area contributed by atoms with E-state index in [0.717, 1.165) is 20.9 Å². The number of carbonyl (C=O) groups excluding carboxylic acids is 2. The smallest absolute Gasteiger partial charge is 0.339 e. The van der Waals surface area contributed by atoms with Gasteiger partial charge in [0.1, 0.15) is 5.75 Å². The summed E-state index contributed by atoms with van der Waals surface area (Å²) in [5.74, 6) is -0.0824. The molecule has 2 heterocycles. The predicted octanol–water partition coefficient (Wildman–Crippen LogP) is 4.00. The van der Waals surface area contributed by atoms with Crippen LogP contribution in [0.1, 0.15) is 16.1 Å². The maximum Gasteiger partial charge on any atom is 0.339 e. The Bertz CT molecular complexity index is 1260. The number of amides is 1. The summed E-state index contributed by atoms with van der Waals surface area (Å²) in [7, 11) is 2.93. The third kappa shape index (κ3) is 3.70. The lowest BCUT2D eigenvalue weighted by Crippen LogP contribution is -2.12. The van der Waals surface area contributed by atoms with Gasteiger partial charge in [0.25, 0.3) is 0 Å². The number of hydrogen-bond acceptors (Lipinski definition) is 6. The van der Waals surface area contributed by atoms with E-state index < -0.39 is 5.97 Å². The fourth-order valence-corrected chi connectivity index (χ4v) is 3.96. The molecule has 29 heavy (non-hydrogen) atoms. The number of fused-ring (bicyclic) bond motifs is 3. The molecule has 0 atom stereocenters. The lowest BCUT2D eigenvalue weighted by Gasteiger charge is -2.07. The number of rotatable bonds is 5. The predicted molar refractivity (Wildman–Crippen MR) is 113 cm³/mol. The fourth-order valence-electron chi connectivity index (χ4n) is 2.92. The molecule has 0 spiro atoms. The number of ether oxygens (including phenoxy) is 2. The molecule has 0 aliphatic rings. The van der Waals surface area contributed by atoms with Crippen LogP contribution >= 0.6 is 11.3 Å². The Balaban J connectivity index is 1.54. The molecule has 4 aromatic rings. The maximum atomic E-state index is 12.3. The van der Waals surface area contributed by atoms with Crippen molar-refractivity contribution in [2.45, 2.75) is 0 Å². The van der Waals surface area contributed by atoms with Gasteiger partial charge in [0.15, 0.2) is 4.96 Å². The minimum Gasteiger partial charge on any atom is -0.497 e. The van der Waals surface area contributed by atoms with Crippen LogP contribution in [0.4, 0.5) is 5.69 Å². The SMILES string of the molecule is COC(=O)c1ccccc1NC(=O)/C=C/c1cn2c(n1)sc1cc(OC)ccc12. The first-order valence-electron chi connectivity index (χ1n) is 8.71. The molecule has 0 saturated heterocycles. The van der Waals surface area contributed by atoms with E-state index in [-0.39, 0.29) is 5.91 Å². The van der Waals surface area contributed by atoms with Gasteiger partial charge < -0.3 is 14.8 Å². The molecular weight excluding hydrogens is 390 g/mol. The Hall–Kier alpha value is -3.65. The van der Waals surface area contributed by atoms with E-state index in [1.807, 2.05) is 28.8 Å². The van der Waals surface area contributed by atoms with Gasteiger partial charge in [0, 0.05) is 12.3 Å². The summed E-state index contributed by atoms with van der Waals surface area (Å²) in [6, 6.07) is 12.5. The number of benzene rings is 2. The number of carbonyl (C=O) groups is 2. The van der Waals surface area contributed by atoms with Crippen LogP contribution in [-0.4, -0.2) is 35.5 Å². The molecule has 2 aromatic heterocycles. The van der Waals surface area contributed by atoms with Crippen LogP contribution in [0.3, 0.4) is 0 Å². The molecule has 1 amide bonds. The molecule has 1 N–H and O–H groups in total. The van der Waals surface area contributed by atoms with Crippen molar-refractivity contribution in [2.24, 2.45) is 0 Å². The zero-order valence-electron chi connectivity index (χ0n) is 15.7. The molecule has 0 fully saturated rings. The number of methoxy groups -OCH3 is 2. The normalized spacial score (nSPS) is 11.2. The summed E-state index contributed by atoms with van der Waals surface area (Å²) in [6.07, 6.45) is 4.88. The van der Waals surface area contributed by atoms with Gasteiger partial charge in [-0.3, -0.25) is 9.20 Å². The van der Waals surface area contributed by atoms with Gasteiger partial charge in [-0.05, 0) is 36.4 Å². The van der Waals surface area contributed by atoms with Crippen LogP contribution in [0.5, 0.6) is 5.75 Å². The number of thiazole rings is 1. The summed E-state index contributed by atoms with van der Waals surface area (Å²) in [4.78, 5) is 29.5. The minimum absolute atomic E-state index is 0.293. The number of esters is 1. The van der Waals surface area contributed by atoms with Gasteiger partial charge in [-0.25, -0.2) is 9.78 Å². The highest BCUT2D eigenvalue weighted by atomic mass is 32.1. The number of nitrogens with zero attached hydrogens (tertiary/aromatic N) is 2. The number of hydrogen-bond donors (Lipinski definition) is 1. The van der Waals surface area contributed by atoms with Gasteiger partial charge in [0.05, 0.1) is 41.4 Å². The molecule has 0 bridgehead atoms. The molecule has 2 aromatic carbocycles. The van der Waals surface area contributed by atoms with E-state index in [2.05, 4.69) is 10.3 Å². The largest absolute Gasteiger partial charge is 0.497 e. The monoisotopic (exact) mass is 407 g/mol. The molecule has 8 heteroatoms. The highest BCUT2D eigenvalue weighted by Gasteiger charge is 2.12. The molecule has 4 rings (SSSR count). The highest BCUT2D eigenvalue weighted by Crippen LogP contribution is 2.29. The summed E-state index contributed by atoms with van der Waals surface area (Å²) < 4.78 is 13.0. The second-order valence-electron chi connectivity index (χ2n) is 6.11. The number of nitrogens with one attached hydrogen (secondary N) is 1. The van der Waals surface area contributed by atoms with Crippen molar-refractivity contribution in [3.63, 3.8) is 0 Å². The topological polar surface area (TPSA) is 81.9 Å². The van der Waals surface area contributed by atoms with Crippen molar-refractivity contribution >= 4 is 50.2 Å². The summed E-state index contributed by atoms with van der Waals surface area (Å²) in [5, 5.41) is 2.69. The van der Waals surface area contributed by atoms with Crippen LogP contribution in [0.15, 0.2) is 54.7 Å². The Morgan fingerprint density at radius 1 is 1.17 bits per heavy atom. The zero-order valence-corrected chi connectivity index (χ0v) is 16.5. The highest BCUT2D eigenvalue weighted by molar-refractivity contribution is 7.23. The molecule has 0 unspecified atom stereocenters. The minimum atomic E-state index is -0.511. The number of anilines is 1. The summed E-state index contributed by atoms with van der Waals surface area (Å²) in [6.45, 7) is 0. The molecule has 0 aliphatic carbocycles. The van der Waals surface area contributed by atoms with Gasteiger partial charge >= 0.3 is 5.97 Å². The maximum absolute atomic E-state index is 12.3.